The van der Waals surface area contributed by atoms with Crippen LogP contribution in [0.3, 0.4) is 0 Å². The van der Waals surface area contributed by atoms with Gasteiger partial charge in [-0.2, -0.15) is 0 Å². The van der Waals surface area contributed by atoms with Gasteiger partial charge < -0.3 is 10.6 Å². The van der Waals surface area contributed by atoms with Gasteiger partial charge in [0.05, 0.1) is 0 Å². The quantitative estimate of drug-likeness (QED) is 0.700. The number of para-hydroxylation sites is 1. The molecule has 0 saturated carbocycles. The van der Waals surface area contributed by atoms with E-state index in [2.05, 4.69) is 36.2 Å². The smallest absolute Gasteiger partial charge is 0.0412 e. The van der Waals surface area contributed by atoms with Crippen LogP contribution in [0.5, 0.6) is 0 Å². The van der Waals surface area contributed by atoms with E-state index in [0.717, 1.165) is 6.54 Å². The fourth-order valence-corrected chi connectivity index (χ4v) is 2.05. The Hall–Kier alpha value is -1.02. The number of nitrogens with two attached hydrogens (primary N) is 1. The van der Waals surface area contributed by atoms with Crippen molar-refractivity contribution in [2.75, 3.05) is 18.5 Å². The first kappa shape index (κ1) is 8.57. The van der Waals surface area contributed by atoms with Crippen molar-refractivity contribution in [2.45, 2.75) is 18.9 Å². The molecule has 0 aromatic heterocycles. The van der Waals surface area contributed by atoms with Gasteiger partial charge in [-0.3, -0.25) is 0 Å². The molecule has 13 heavy (non-hydrogen) atoms. The summed E-state index contributed by atoms with van der Waals surface area (Å²) >= 11 is 0. The highest BCUT2D eigenvalue weighted by molar-refractivity contribution is 5.55. The van der Waals surface area contributed by atoms with Gasteiger partial charge in [-0.15, -0.1) is 0 Å². The first-order valence-electron chi connectivity index (χ1n) is 4.83. The molecule has 0 saturated heterocycles. The molecule has 1 aromatic rings. The molecule has 0 unspecified atom stereocenters. The Morgan fingerprint density at radius 2 is 2.23 bits per heavy atom. The van der Waals surface area contributed by atoms with Crippen LogP contribution in [-0.4, -0.2) is 19.6 Å². The third-order valence-electron chi connectivity index (χ3n) is 2.94. The first-order valence-corrected chi connectivity index (χ1v) is 4.83. The predicted molar refractivity (Wildman–Crippen MR) is 56.0 cm³/mol. The predicted octanol–water partition coefficient (Wildman–Crippen LogP) is 1.40. The first-order chi connectivity index (χ1) is 6.33. The lowest BCUT2D eigenvalue weighted by molar-refractivity contribution is 0.565. The average molecular weight is 176 g/mol. The molecule has 0 bridgehead atoms. The number of nitrogens with zero attached hydrogens (tertiary/aromatic N) is 1. The summed E-state index contributed by atoms with van der Waals surface area (Å²) in [5.74, 6) is 0. The van der Waals surface area contributed by atoms with Crippen LogP contribution < -0.4 is 10.6 Å². The summed E-state index contributed by atoms with van der Waals surface area (Å²) in [6.07, 6.45) is 2.35. The molecule has 0 fully saturated rings. The maximum atomic E-state index is 5.71. The van der Waals surface area contributed by atoms with Crippen LogP contribution in [0.1, 0.15) is 12.0 Å². The van der Waals surface area contributed by atoms with E-state index < -0.39 is 0 Å². The number of fused-ring (bicyclic) bond motifs is 1. The number of anilines is 1. The minimum Gasteiger partial charge on any atom is -0.370 e. The Morgan fingerprint density at radius 3 is 3.00 bits per heavy atom. The molecule has 2 N–H and O–H groups in total. The molecule has 1 aromatic carbocycles. The molecule has 0 spiro atoms. The minimum atomic E-state index is 0.523. The zero-order chi connectivity index (χ0) is 9.26. The lowest BCUT2D eigenvalue weighted by atomic mass is 9.96. The van der Waals surface area contributed by atoms with E-state index in [0.29, 0.717) is 6.04 Å². The van der Waals surface area contributed by atoms with E-state index in [-0.39, 0.29) is 0 Å². The van der Waals surface area contributed by atoms with Gasteiger partial charge in [-0.05, 0) is 24.5 Å². The lowest BCUT2D eigenvalue weighted by Gasteiger charge is -2.35. The zero-order valence-corrected chi connectivity index (χ0v) is 8.03. The molecule has 2 rings (SSSR count). The van der Waals surface area contributed by atoms with E-state index in [9.17, 15) is 0 Å². The molecule has 1 heterocycles. The molecule has 2 nitrogen and oxygen atoms in total. The molecule has 1 aliphatic rings. The molecule has 0 amide bonds. The largest absolute Gasteiger partial charge is 0.370 e. The van der Waals surface area contributed by atoms with E-state index in [4.69, 9.17) is 5.73 Å². The molecular formula is C11H16N2. The van der Waals surface area contributed by atoms with Crippen molar-refractivity contribution in [3.63, 3.8) is 0 Å². The second-order valence-corrected chi connectivity index (χ2v) is 3.67. The second-order valence-electron chi connectivity index (χ2n) is 3.67. The van der Waals surface area contributed by atoms with Gasteiger partial charge in [0.1, 0.15) is 0 Å². The van der Waals surface area contributed by atoms with E-state index in [1.807, 2.05) is 0 Å². The number of likely N-dealkylation sites (N-methyl/N-ethyl adjacent to an activating group) is 1. The number of hydrogen-bond acceptors (Lipinski definition) is 2. The van der Waals surface area contributed by atoms with Crippen molar-refractivity contribution in [3.05, 3.63) is 29.8 Å². The topological polar surface area (TPSA) is 29.3 Å². The van der Waals surface area contributed by atoms with Crippen molar-refractivity contribution in [1.29, 1.82) is 0 Å². The van der Waals surface area contributed by atoms with Gasteiger partial charge >= 0.3 is 0 Å². The Balaban J connectivity index is 2.33. The summed E-state index contributed by atoms with van der Waals surface area (Å²) in [7, 11) is 2.13. The third-order valence-corrected chi connectivity index (χ3v) is 2.94. The van der Waals surface area contributed by atoms with E-state index in [1.165, 1.54) is 24.1 Å². The number of benzene rings is 1. The highest BCUT2D eigenvalue weighted by Crippen LogP contribution is 2.28. The van der Waals surface area contributed by atoms with Crippen LogP contribution in [0.25, 0.3) is 0 Å². The normalized spacial score (nSPS) is 21.4. The third kappa shape index (κ3) is 1.42. The molecule has 70 valence electrons. The highest BCUT2D eigenvalue weighted by atomic mass is 15.1. The Bertz CT molecular complexity index is 296. The summed E-state index contributed by atoms with van der Waals surface area (Å²) in [5, 5.41) is 0. The lowest BCUT2D eigenvalue weighted by Crippen LogP contribution is -2.41. The SMILES string of the molecule is CN1c2ccccc2CC[C@@H]1CN. The van der Waals surface area contributed by atoms with Crippen LogP contribution in [0, 0.1) is 0 Å². The van der Waals surface area contributed by atoms with Crippen molar-refractivity contribution < 1.29 is 0 Å². The van der Waals surface area contributed by atoms with Crippen molar-refractivity contribution in [2.24, 2.45) is 5.73 Å². The van der Waals surface area contributed by atoms with Crippen molar-refractivity contribution in [3.8, 4) is 0 Å². The van der Waals surface area contributed by atoms with Crippen LogP contribution in [-0.2, 0) is 6.42 Å². The molecule has 2 heteroatoms. The number of rotatable bonds is 1. The summed E-state index contributed by atoms with van der Waals surface area (Å²) in [6.45, 7) is 0.755. The van der Waals surface area contributed by atoms with E-state index >= 15 is 0 Å². The molecule has 0 radical (unpaired) electrons. The average Bonchev–Trinajstić information content (AvgIpc) is 2.19. The Morgan fingerprint density at radius 1 is 1.46 bits per heavy atom. The van der Waals surface area contributed by atoms with Gasteiger partial charge in [-0.1, -0.05) is 18.2 Å². The fourth-order valence-electron chi connectivity index (χ4n) is 2.05. The summed E-state index contributed by atoms with van der Waals surface area (Å²) in [5.41, 5.74) is 8.51. The van der Waals surface area contributed by atoms with Gasteiger partial charge in [0.15, 0.2) is 0 Å². The van der Waals surface area contributed by atoms with Crippen molar-refractivity contribution in [1.82, 2.24) is 0 Å². The van der Waals surface area contributed by atoms with Gasteiger partial charge in [0.2, 0.25) is 0 Å². The summed E-state index contributed by atoms with van der Waals surface area (Å²) < 4.78 is 0. The Kier molecular flexibility index (Phi) is 2.23. The summed E-state index contributed by atoms with van der Waals surface area (Å²) in [4.78, 5) is 2.30. The van der Waals surface area contributed by atoms with Gasteiger partial charge in [-0.25, -0.2) is 0 Å². The molecular weight excluding hydrogens is 160 g/mol. The number of aryl methyl sites for hydroxylation is 1. The zero-order valence-electron chi connectivity index (χ0n) is 8.03. The van der Waals surface area contributed by atoms with E-state index in [1.54, 1.807) is 0 Å². The fraction of sp³-hybridized carbons (Fsp3) is 0.455. The highest BCUT2D eigenvalue weighted by Gasteiger charge is 2.20. The molecule has 0 aliphatic carbocycles. The van der Waals surface area contributed by atoms with Crippen LogP contribution >= 0.6 is 0 Å². The van der Waals surface area contributed by atoms with Crippen LogP contribution in [0.2, 0.25) is 0 Å². The minimum absolute atomic E-state index is 0.523. The second kappa shape index (κ2) is 3.38. The number of hydrogen-bond donors (Lipinski definition) is 1. The molecule has 1 atom stereocenters. The van der Waals surface area contributed by atoms with Gasteiger partial charge in [0.25, 0.3) is 0 Å². The standard InChI is InChI=1S/C11H16N2/c1-13-10(8-12)7-6-9-4-2-3-5-11(9)13/h2-5,10H,6-8,12H2,1H3/t10-/m1/s1. The van der Waals surface area contributed by atoms with Gasteiger partial charge in [0, 0.05) is 25.3 Å². The summed E-state index contributed by atoms with van der Waals surface area (Å²) in [6, 6.07) is 9.11. The van der Waals surface area contributed by atoms with Crippen LogP contribution in [0.15, 0.2) is 24.3 Å². The van der Waals surface area contributed by atoms with Crippen molar-refractivity contribution >= 4 is 5.69 Å². The molecule has 1 aliphatic heterocycles. The maximum Gasteiger partial charge on any atom is 0.0412 e. The van der Waals surface area contributed by atoms with Crippen LogP contribution in [0.4, 0.5) is 5.69 Å². The monoisotopic (exact) mass is 176 g/mol. The Labute approximate surface area is 79.4 Å². The maximum absolute atomic E-state index is 5.71.